The van der Waals surface area contributed by atoms with Crippen molar-refractivity contribution in [2.45, 2.75) is 19.4 Å². The molecule has 1 N–H and O–H groups in total. The quantitative estimate of drug-likeness (QED) is 0.777. The fourth-order valence-corrected chi connectivity index (χ4v) is 2.75. The number of nitrogens with zero attached hydrogens (tertiary/aromatic N) is 5. The van der Waals surface area contributed by atoms with Crippen molar-refractivity contribution < 1.29 is 4.79 Å². The predicted molar refractivity (Wildman–Crippen MR) is 82.5 cm³/mol. The van der Waals surface area contributed by atoms with E-state index in [-0.39, 0.29) is 5.91 Å². The van der Waals surface area contributed by atoms with E-state index < -0.39 is 6.04 Å². The lowest BCUT2D eigenvalue weighted by molar-refractivity contribution is -0.119. The Morgan fingerprint density at radius 1 is 1.36 bits per heavy atom. The van der Waals surface area contributed by atoms with Crippen molar-refractivity contribution in [1.29, 1.82) is 0 Å². The molecule has 1 atom stereocenters. The molecular weight excluding hydrogens is 300 g/mol. The van der Waals surface area contributed by atoms with Gasteiger partial charge >= 0.3 is 0 Å². The molecule has 112 valence electrons. The number of thiazole rings is 1. The van der Waals surface area contributed by atoms with Crippen LogP contribution in [0.15, 0.2) is 42.0 Å². The Morgan fingerprint density at radius 3 is 2.82 bits per heavy atom. The van der Waals surface area contributed by atoms with Gasteiger partial charge in [-0.3, -0.25) is 4.79 Å². The average molecular weight is 314 g/mol. The Kier molecular flexibility index (Phi) is 4.19. The van der Waals surface area contributed by atoms with Crippen LogP contribution < -0.4 is 5.32 Å². The SMILES string of the molecule is Cc1csc(NC(=O)C(Cc2ccccc2)n2cnnn2)n1. The Morgan fingerprint density at radius 2 is 2.18 bits per heavy atom. The number of amides is 1. The summed E-state index contributed by atoms with van der Waals surface area (Å²) in [6, 6.07) is 9.23. The van der Waals surface area contributed by atoms with E-state index in [9.17, 15) is 4.79 Å². The number of hydrogen-bond acceptors (Lipinski definition) is 6. The smallest absolute Gasteiger partial charge is 0.251 e. The van der Waals surface area contributed by atoms with Crippen LogP contribution in [0.4, 0.5) is 5.13 Å². The summed E-state index contributed by atoms with van der Waals surface area (Å²) >= 11 is 1.39. The summed E-state index contributed by atoms with van der Waals surface area (Å²) in [6.45, 7) is 1.88. The predicted octanol–water partition coefficient (Wildman–Crippen LogP) is 1.86. The minimum absolute atomic E-state index is 0.189. The van der Waals surface area contributed by atoms with Crippen LogP contribution in [0.5, 0.6) is 0 Å². The molecule has 3 aromatic rings. The molecule has 3 rings (SSSR count). The van der Waals surface area contributed by atoms with Crippen LogP contribution in [0.2, 0.25) is 0 Å². The lowest BCUT2D eigenvalue weighted by atomic mass is 10.1. The number of rotatable bonds is 5. The van der Waals surface area contributed by atoms with Gasteiger partial charge in [0.15, 0.2) is 5.13 Å². The number of anilines is 1. The number of benzene rings is 1. The van der Waals surface area contributed by atoms with Crippen molar-refractivity contribution in [3.63, 3.8) is 0 Å². The second kappa shape index (κ2) is 6.44. The largest absolute Gasteiger partial charge is 0.300 e. The van der Waals surface area contributed by atoms with Crippen LogP contribution in [-0.2, 0) is 11.2 Å². The monoisotopic (exact) mass is 314 g/mol. The maximum absolute atomic E-state index is 12.6. The van der Waals surface area contributed by atoms with E-state index in [1.165, 1.54) is 22.3 Å². The summed E-state index contributed by atoms with van der Waals surface area (Å²) in [4.78, 5) is 16.8. The van der Waals surface area contributed by atoms with Crippen LogP contribution in [0, 0.1) is 6.92 Å². The molecule has 1 unspecified atom stereocenters. The highest BCUT2D eigenvalue weighted by Crippen LogP contribution is 2.19. The van der Waals surface area contributed by atoms with E-state index in [2.05, 4.69) is 25.8 Å². The first-order chi connectivity index (χ1) is 10.7. The summed E-state index contributed by atoms with van der Waals surface area (Å²) < 4.78 is 1.46. The highest BCUT2D eigenvalue weighted by Gasteiger charge is 2.23. The van der Waals surface area contributed by atoms with Crippen LogP contribution in [-0.4, -0.2) is 31.1 Å². The maximum atomic E-state index is 12.6. The van der Waals surface area contributed by atoms with Crippen LogP contribution in [0.25, 0.3) is 0 Å². The standard InChI is InChI=1S/C14H14N6OS/c1-10-8-22-14(16-10)17-13(21)12(20-9-15-18-19-20)7-11-5-3-2-4-6-11/h2-6,8-9,12H,7H2,1H3,(H,16,17,21). The van der Waals surface area contributed by atoms with E-state index in [4.69, 9.17) is 0 Å². The summed E-state index contributed by atoms with van der Waals surface area (Å²) in [5.41, 5.74) is 1.91. The van der Waals surface area contributed by atoms with Gasteiger partial charge in [-0.1, -0.05) is 30.3 Å². The van der Waals surface area contributed by atoms with Gasteiger partial charge in [-0.25, -0.2) is 9.67 Å². The molecule has 0 bridgehead atoms. The van der Waals surface area contributed by atoms with Gasteiger partial charge in [0.1, 0.15) is 12.4 Å². The summed E-state index contributed by atoms with van der Waals surface area (Å²) in [7, 11) is 0. The number of aromatic nitrogens is 5. The summed E-state index contributed by atoms with van der Waals surface area (Å²) in [6.07, 6.45) is 1.95. The second-order valence-electron chi connectivity index (χ2n) is 4.78. The van der Waals surface area contributed by atoms with Gasteiger partial charge in [0.2, 0.25) is 0 Å². The molecule has 0 aliphatic rings. The highest BCUT2D eigenvalue weighted by molar-refractivity contribution is 7.13. The molecule has 7 nitrogen and oxygen atoms in total. The van der Waals surface area contributed by atoms with Gasteiger partial charge in [0.05, 0.1) is 5.69 Å². The van der Waals surface area contributed by atoms with E-state index in [1.807, 2.05) is 42.6 Å². The minimum atomic E-state index is -0.526. The topological polar surface area (TPSA) is 85.6 Å². The fraction of sp³-hybridized carbons (Fsp3) is 0.214. The molecule has 0 aliphatic heterocycles. The molecule has 1 aromatic carbocycles. The molecule has 22 heavy (non-hydrogen) atoms. The molecule has 0 fully saturated rings. The van der Waals surface area contributed by atoms with Crippen molar-refractivity contribution in [3.8, 4) is 0 Å². The number of tetrazole rings is 1. The van der Waals surface area contributed by atoms with Crippen molar-refractivity contribution in [1.82, 2.24) is 25.2 Å². The fourth-order valence-electron chi connectivity index (χ4n) is 2.05. The minimum Gasteiger partial charge on any atom is -0.300 e. The van der Waals surface area contributed by atoms with Crippen LogP contribution in [0.3, 0.4) is 0 Å². The van der Waals surface area contributed by atoms with E-state index in [1.54, 1.807) is 0 Å². The van der Waals surface area contributed by atoms with Crippen LogP contribution in [0.1, 0.15) is 17.3 Å². The molecule has 1 amide bonds. The highest BCUT2D eigenvalue weighted by atomic mass is 32.1. The molecule has 8 heteroatoms. The molecule has 2 heterocycles. The first kappa shape index (κ1) is 14.3. The van der Waals surface area contributed by atoms with Gasteiger partial charge in [-0.05, 0) is 22.9 Å². The third-order valence-electron chi connectivity index (χ3n) is 3.11. The van der Waals surface area contributed by atoms with E-state index >= 15 is 0 Å². The Bertz CT molecular complexity index is 740. The Labute approximate surface area is 131 Å². The first-order valence-corrected chi connectivity index (χ1v) is 7.60. The maximum Gasteiger partial charge on any atom is 0.251 e. The Balaban J connectivity index is 1.80. The number of carbonyl (C=O) groups excluding carboxylic acids is 1. The average Bonchev–Trinajstić information content (AvgIpc) is 3.18. The molecule has 0 saturated carbocycles. The number of nitrogens with one attached hydrogen (secondary N) is 1. The first-order valence-electron chi connectivity index (χ1n) is 6.72. The van der Waals surface area contributed by atoms with Gasteiger partial charge in [-0.2, -0.15) is 0 Å². The zero-order valence-corrected chi connectivity index (χ0v) is 12.7. The van der Waals surface area contributed by atoms with E-state index in [0.29, 0.717) is 11.6 Å². The number of hydrogen-bond donors (Lipinski definition) is 1. The zero-order chi connectivity index (χ0) is 15.4. The lowest BCUT2D eigenvalue weighted by Gasteiger charge is -2.15. The third-order valence-corrected chi connectivity index (χ3v) is 3.98. The summed E-state index contributed by atoms with van der Waals surface area (Å²) in [5, 5.41) is 16.4. The zero-order valence-electron chi connectivity index (χ0n) is 11.9. The number of aryl methyl sites for hydroxylation is 1. The van der Waals surface area contributed by atoms with Gasteiger partial charge in [0, 0.05) is 11.8 Å². The van der Waals surface area contributed by atoms with Crippen molar-refractivity contribution in [3.05, 3.63) is 53.3 Å². The van der Waals surface area contributed by atoms with Crippen molar-refractivity contribution in [2.75, 3.05) is 5.32 Å². The molecular formula is C14H14N6OS. The Hall–Kier alpha value is -2.61. The van der Waals surface area contributed by atoms with Crippen molar-refractivity contribution >= 4 is 22.4 Å². The number of carbonyl (C=O) groups is 1. The third kappa shape index (κ3) is 3.34. The summed E-state index contributed by atoms with van der Waals surface area (Å²) in [5.74, 6) is -0.189. The van der Waals surface area contributed by atoms with Gasteiger partial charge in [0.25, 0.3) is 5.91 Å². The normalized spacial score (nSPS) is 12.0. The van der Waals surface area contributed by atoms with Crippen LogP contribution >= 0.6 is 11.3 Å². The molecule has 0 spiro atoms. The molecule has 0 aliphatic carbocycles. The molecule has 0 radical (unpaired) electrons. The molecule has 0 saturated heterocycles. The van der Waals surface area contributed by atoms with Gasteiger partial charge < -0.3 is 5.32 Å². The lowest BCUT2D eigenvalue weighted by Crippen LogP contribution is -2.28. The van der Waals surface area contributed by atoms with E-state index in [0.717, 1.165) is 11.3 Å². The second-order valence-corrected chi connectivity index (χ2v) is 5.64. The van der Waals surface area contributed by atoms with Gasteiger partial charge in [-0.15, -0.1) is 16.4 Å². The molecule has 2 aromatic heterocycles. The van der Waals surface area contributed by atoms with Crippen molar-refractivity contribution in [2.24, 2.45) is 0 Å².